The molecular weight excluding hydrogens is 244 g/mol. The third-order valence-electron chi connectivity index (χ3n) is 2.83. The fraction of sp³-hybridized carbons (Fsp3) is 0.467. The molecule has 1 rings (SSSR count). The third kappa shape index (κ3) is 4.73. The number of hydrogen-bond donors (Lipinski definition) is 0. The summed E-state index contributed by atoms with van der Waals surface area (Å²) in [6.45, 7) is 6.00. The highest BCUT2D eigenvalue weighted by Gasteiger charge is 2.16. The maximum absolute atomic E-state index is 11.9. The number of carboxylic acid groups (broad SMARTS) is 1. The first-order chi connectivity index (χ1) is 8.91. The van der Waals surface area contributed by atoms with Gasteiger partial charge in [0.05, 0.1) is 17.6 Å². The Morgan fingerprint density at radius 3 is 2.21 bits per heavy atom. The second-order valence-electron chi connectivity index (χ2n) is 5.02. The quantitative estimate of drug-likeness (QED) is 0.736. The number of rotatable bonds is 6. The minimum absolute atomic E-state index is 0.0406. The zero-order valence-corrected chi connectivity index (χ0v) is 11.5. The minimum atomic E-state index is -1.37. The summed E-state index contributed by atoms with van der Waals surface area (Å²) in [7, 11) is 0. The van der Waals surface area contributed by atoms with E-state index in [-0.39, 0.29) is 17.2 Å². The van der Waals surface area contributed by atoms with Gasteiger partial charge < -0.3 is 14.6 Å². The Labute approximate surface area is 113 Å². The van der Waals surface area contributed by atoms with Gasteiger partial charge in [-0.05, 0) is 31.7 Å². The van der Waals surface area contributed by atoms with Crippen molar-refractivity contribution in [1.82, 2.24) is 0 Å². The first-order valence-electron chi connectivity index (χ1n) is 6.43. The molecule has 0 fully saturated rings. The summed E-state index contributed by atoms with van der Waals surface area (Å²) < 4.78 is 5.25. The predicted octanol–water partition coefficient (Wildman–Crippen LogP) is 2.03. The summed E-state index contributed by atoms with van der Waals surface area (Å²) in [5.74, 6) is -1.45. The lowest BCUT2D eigenvalue weighted by Crippen LogP contribution is -2.26. The Morgan fingerprint density at radius 2 is 1.68 bits per heavy atom. The van der Waals surface area contributed by atoms with Crippen molar-refractivity contribution in [2.24, 2.45) is 5.92 Å². The van der Waals surface area contributed by atoms with Gasteiger partial charge in [-0.25, -0.2) is 4.79 Å². The summed E-state index contributed by atoms with van der Waals surface area (Å²) in [5, 5.41) is 10.9. The predicted molar refractivity (Wildman–Crippen MR) is 69.7 cm³/mol. The van der Waals surface area contributed by atoms with Crippen LogP contribution in [0.25, 0.3) is 0 Å². The van der Waals surface area contributed by atoms with E-state index in [4.69, 9.17) is 4.74 Å². The lowest BCUT2D eigenvalue weighted by Gasteiger charge is -2.16. The largest absolute Gasteiger partial charge is 0.545 e. The average molecular weight is 263 g/mol. The molecule has 1 aromatic rings. The van der Waals surface area contributed by atoms with Crippen LogP contribution in [0.15, 0.2) is 24.3 Å². The zero-order chi connectivity index (χ0) is 14.4. The second-order valence-corrected chi connectivity index (χ2v) is 5.02. The SMILES string of the molecule is CC(C)CCC(C)OC(=O)c1ccccc1C(=O)[O-]. The van der Waals surface area contributed by atoms with Crippen molar-refractivity contribution in [1.29, 1.82) is 0 Å². The number of aromatic carboxylic acids is 1. The van der Waals surface area contributed by atoms with Gasteiger partial charge in [0.2, 0.25) is 0 Å². The molecule has 0 heterocycles. The van der Waals surface area contributed by atoms with Crippen LogP contribution in [0.5, 0.6) is 0 Å². The number of carbonyl (C=O) groups is 2. The Balaban J connectivity index is 2.70. The summed E-state index contributed by atoms with van der Waals surface area (Å²) in [5.41, 5.74) is -0.0949. The molecular formula is C15H19O4-. The van der Waals surface area contributed by atoms with Crippen LogP contribution in [0.2, 0.25) is 0 Å². The molecule has 19 heavy (non-hydrogen) atoms. The number of esters is 1. The number of carbonyl (C=O) groups excluding carboxylic acids is 2. The highest BCUT2D eigenvalue weighted by atomic mass is 16.5. The molecule has 0 aromatic heterocycles. The van der Waals surface area contributed by atoms with Crippen molar-refractivity contribution in [2.75, 3.05) is 0 Å². The number of ether oxygens (including phenoxy) is 1. The Bertz CT molecular complexity index is 451. The Morgan fingerprint density at radius 1 is 1.11 bits per heavy atom. The highest BCUT2D eigenvalue weighted by molar-refractivity contribution is 6.01. The average Bonchev–Trinajstić information content (AvgIpc) is 2.36. The normalized spacial score (nSPS) is 12.2. The van der Waals surface area contributed by atoms with Crippen molar-refractivity contribution in [3.63, 3.8) is 0 Å². The van der Waals surface area contributed by atoms with Gasteiger partial charge in [0, 0.05) is 5.56 Å². The molecule has 0 N–H and O–H groups in total. The fourth-order valence-electron chi connectivity index (χ4n) is 1.71. The molecule has 0 bridgehead atoms. The van der Waals surface area contributed by atoms with Gasteiger partial charge in [0.25, 0.3) is 0 Å². The van der Waals surface area contributed by atoms with E-state index in [0.29, 0.717) is 5.92 Å². The number of benzene rings is 1. The maximum Gasteiger partial charge on any atom is 0.339 e. The van der Waals surface area contributed by atoms with E-state index in [1.54, 1.807) is 12.1 Å². The zero-order valence-electron chi connectivity index (χ0n) is 11.5. The molecule has 4 heteroatoms. The molecule has 0 spiro atoms. The van der Waals surface area contributed by atoms with Crippen LogP contribution >= 0.6 is 0 Å². The molecule has 4 nitrogen and oxygen atoms in total. The summed E-state index contributed by atoms with van der Waals surface area (Å²) in [6.07, 6.45) is 1.48. The molecule has 104 valence electrons. The minimum Gasteiger partial charge on any atom is -0.545 e. The highest BCUT2D eigenvalue weighted by Crippen LogP contribution is 2.14. The maximum atomic E-state index is 11.9. The van der Waals surface area contributed by atoms with Crippen LogP contribution in [-0.2, 0) is 4.74 Å². The van der Waals surface area contributed by atoms with E-state index in [1.165, 1.54) is 12.1 Å². The van der Waals surface area contributed by atoms with Crippen LogP contribution in [0.1, 0.15) is 54.3 Å². The smallest absolute Gasteiger partial charge is 0.339 e. The van der Waals surface area contributed by atoms with Gasteiger partial charge >= 0.3 is 5.97 Å². The molecule has 0 saturated carbocycles. The standard InChI is InChI=1S/C15H20O4/c1-10(2)8-9-11(3)19-15(18)13-7-5-4-6-12(13)14(16)17/h4-7,10-11H,8-9H2,1-3H3,(H,16,17)/p-1. The van der Waals surface area contributed by atoms with E-state index < -0.39 is 11.9 Å². The molecule has 0 aliphatic carbocycles. The van der Waals surface area contributed by atoms with Gasteiger partial charge in [-0.2, -0.15) is 0 Å². The Kier molecular flexibility index (Phi) is 5.55. The van der Waals surface area contributed by atoms with Crippen LogP contribution in [0, 0.1) is 5.92 Å². The number of hydrogen-bond acceptors (Lipinski definition) is 4. The first kappa shape index (κ1) is 15.2. The van der Waals surface area contributed by atoms with Gasteiger partial charge in [0.1, 0.15) is 0 Å². The topological polar surface area (TPSA) is 66.4 Å². The lowest BCUT2D eigenvalue weighted by molar-refractivity contribution is -0.255. The van der Waals surface area contributed by atoms with Crippen LogP contribution in [-0.4, -0.2) is 18.0 Å². The van der Waals surface area contributed by atoms with Gasteiger partial charge in [-0.15, -0.1) is 0 Å². The fourth-order valence-corrected chi connectivity index (χ4v) is 1.71. The molecule has 0 aliphatic rings. The van der Waals surface area contributed by atoms with Gasteiger partial charge in [-0.3, -0.25) is 0 Å². The van der Waals surface area contributed by atoms with E-state index in [0.717, 1.165) is 12.8 Å². The molecule has 1 atom stereocenters. The molecule has 0 radical (unpaired) electrons. The van der Waals surface area contributed by atoms with Crippen molar-refractivity contribution in [3.05, 3.63) is 35.4 Å². The number of carboxylic acids is 1. The molecule has 0 amide bonds. The molecule has 1 aromatic carbocycles. The van der Waals surface area contributed by atoms with Crippen LogP contribution < -0.4 is 5.11 Å². The van der Waals surface area contributed by atoms with Crippen molar-refractivity contribution < 1.29 is 19.4 Å². The van der Waals surface area contributed by atoms with Crippen molar-refractivity contribution in [2.45, 2.75) is 39.7 Å². The van der Waals surface area contributed by atoms with Gasteiger partial charge in [0.15, 0.2) is 0 Å². The summed E-state index contributed by atoms with van der Waals surface area (Å²) in [6, 6.07) is 5.92. The third-order valence-corrected chi connectivity index (χ3v) is 2.83. The summed E-state index contributed by atoms with van der Waals surface area (Å²) >= 11 is 0. The first-order valence-corrected chi connectivity index (χ1v) is 6.43. The summed E-state index contributed by atoms with van der Waals surface area (Å²) in [4.78, 5) is 22.8. The lowest BCUT2D eigenvalue weighted by atomic mass is 10.1. The molecule has 0 saturated heterocycles. The van der Waals surface area contributed by atoms with E-state index in [1.807, 2.05) is 6.92 Å². The second kappa shape index (κ2) is 6.92. The van der Waals surface area contributed by atoms with Crippen LogP contribution in [0.4, 0.5) is 0 Å². The van der Waals surface area contributed by atoms with Crippen molar-refractivity contribution >= 4 is 11.9 Å². The molecule has 0 aliphatic heterocycles. The molecule has 1 unspecified atom stereocenters. The van der Waals surface area contributed by atoms with E-state index in [2.05, 4.69) is 13.8 Å². The van der Waals surface area contributed by atoms with Gasteiger partial charge in [-0.1, -0.05) is 32.0 Å². The Hall–Kier alpha value is -1.84. The van der Waals surface area contributed by atoms with Crippen LogP contribution in [0.3, 0.4) is 0 Å². The van der Waals surface area contributed by atoms with E-state index >= 15 is 0 Å². The van der Waals surface area contributed by atoms with Crippen molar-refractivity contribution in [3.8, 4) is 0 Å². The monoisotopic (exact) mass is 263 g/mol. The van der Waals surface area contributed by atoms with E-state index in [9.17, 15) is 14.7 Å².